The molecule has 1 aromatic rings. The first kappa shape index (κ1) is 14.5. The molecule has 6 heteroatoms. The van der Waals surface area contributed by atoms with E-state index in [1.54, 1.807) is 0 Å². The summed E-state index contributed by atoms with van der Waals surface area (Å²) in [5.74, 6) is 1.81. The molecular weight excluding hydrogens is 264 g/mol. The van der Waals surface area contributed by atoms with Crippen molar-refractivity contribution in [2.45, 2.75) is 49.5 Å². The van der Waals surface area contributed by atoms with Crippen LogP contribution in [0.4, 0.5) is 0 Å². The van der Waals surface area contributed by atoms with Crippen molar-refractivity contribution in [2.24, 2.45) is 0 Å². The van der Waals surface area contributed by atoms with Gasteiger partial charge in [0.2, 0.25) is 5.89 Å². The zero-order chi connectivity index (χ0) is 13.5. The molecule has 1 fully saturated rings. The summed E-state index contributed by atoms with van der Waals surface area (Å²) >= 11 is 1.90. The summed E-state index contributed by atoms with van der Waals surface area (Å²) in [6.07, 6.45) is 6.78. The van der Waals surface area contributed by atoms with Crippen LogP contribution in [0.25, 0.3) is 0 Å². The molecule has 2 rings (SSSR count). The lowest BCUT2D eigenvalue weighted by molar-refractivity contribution is -0.122. The molecule has 0 aliphatic heterocycles. The number of Topliss-reactive ketones (excluding diaryl/α,β-unsaturated/α-hetero) is 1. The molecule has 0 bridgehead atoms. The molecule has 0 spiro atoms. The average Bonchev–Trinajstić information content (AvgIpc) is 2.85. The van der Waals surface area contributed by atoms with Gasteiger partial charge in [0.15, 0.2) is 11.6 Å². The zero-order valence-corrected chi connectivity index (χ0v) is 12.1. The van der Waals surface area contributed by atoms with Crippen LogP contribution in [0, 0.1) is 0 Å². The van der Waals surface area contributed by atoms with Crippen LogP contribution >= 0.6 is 11.8 Å². The second kappa shape index (κ2) is 7.65. The third kappa shape index (κ3) is 4.95. The first-order chi connectivity index (χ1) is 9.28. The molecule has 106 valence electrons. The van der Waals surface area contributed by atoms with E-state index in [0.717, 1.165) is 11.0 Å². The number of hydrogen-bond donors (Lipinski definition) is 0. The van der Waals surface area contributed by atoms with Crippen molar-refractivity contribution in [3.05, 3.63) is 11.7 Å². The molecule has 1 aliphatic rings. The number of carbonyl (C=O) groups excluding carboxylic acids is 1. The van der Waals surface area contributed by atoms with Crippen LogP contribution in [0.3, 0.4) is 0 Å². The van der Waals surface area contributed by atoms with Gasteiger partial charge in [0.25, 0.3) is 0 Å². The maximum absolute atomic E-state index is 11.4. The minimum absolute atomic E-state index is 0.0439. The summed E-state index contributed by atoms with van der Waals surface area (Å²) < 4.78 is 9.84. The number of hydrogen-bond acceptors (Lipinski definition) is 6. The van der Waals surface area contributed by atoms with E-state index in [0.29, 0.717) is 11.7 Å². The topological polar surface area (TPSA) is 65.2 Å². The van der Waals surface area contributed by atoms with Gasteiger partial charge in [-0.25, -0.2) is 0 Å². The van der Waals surface area contributed by atoms with Crippen molar-refractivity contribution in [1.29, 1.82) is 0 Å². The van der Waals surface area contributed by atoms with Gasteiger partial charge in [-0.1, -0.05) is 24.4 Å². The number of ether oxygens (including phenoxy) is 1. The number of ketones is 1. The molecule has 0 amide bonds. The summed E-state index contributed by atoms with van der Waals surface area (Å²) in [6, 6.07) is 0. The van der Waals surface area contributed by atoms with Crippen LogP contribution < -0.4 is 0 Å². The number of rotatable bonds is 7. The summed E-state index contributed by atoms with van der Waals surface area (Å²) in [5.41, 5.74) is 0. The van der Waals surface area contributed by atoms with Gasteiger partial charge in [-0.05, 0) is 12.8 Å². The van der Waals surface area contributed by atoms with Gasteiger partial charge < -0.3 is 9.26 Å². The highest BCUT2D eigenvalue weighted by molar-refractivity contribution is 7.99. The van der Waals surface area contributed by atoms with Crippen molar-refractivity contribution in [3.8, 4) is 0 Å². The number of thioether (sulfide) groups is 1. The molecule has 1 heterocycles. The van der Waals surface area contributed by atoms with Gasteiger partial charge in [0, 0.05) is 12.4 Å². The van der Waals surface area contributed by atoms with E-state index >= 15 is 0 Å². The Labute approximate surface area is 117 Å². The van der Waals surface area contributed by atoms with Crippen LogP contribution in [-0.2, 0) is 21.7 Å². The normalized spacial score (nSPS) is 16.7. The fourth-order valence-corrected chi connectivity index (χ4v) is 3.39. The lowest BCUT2D eigenvalue weighted by Gasteiger charge is -2.19. The molecule has 0 unspecified atom stereocenters. The van der Waals surface area contributed by atoms with E-state index in [1.165, 1.54) is 39.2 Å². The van der Waals surface area contributed by atoms with E-state index in [9.17, 15) is 4.79 Å². The van der Waals surface area contributed by atoms with E-state index in [2.05, 4.69) is 10.1 Å². The smallest absolute Gasteiger partial charge is 0.234 e. The first-order valence-corrected chi connectivity index (χ1v) is 7.76. The third-order valence-electron chi connectivity index (χ3n) is 3.16. The second-order valence-electron chi connectivity index (χ2n) is 4.82. The van der Waals surface area contributed by atoms with E-state index in [1.807, 2.05) is 11.8 Å². The van der Waals surface area contributed by atoms with Crippen molar-refractivity contribution >= 4 is 17.5 Å². The fraction of sp³-hybridized carbons (Fsp3) is 0.769. The van der Waals surface area contributed by atoms with Gasteiger partial charge in [0.05, 0.1) is 12.2 Å². The Kier molecular flexibility index (Phi) is 5.85. The Balaban J connectivity index is 1.75. The lowest BCUT2D eigenvalue weighted by Crippen LogP contribution is -2.10. The van der Waals surface area contributed by atoms with E-state index in [4.69, 9.17) is 9.26 Å². The van der Waals surface area contributed by atoms with Gasteiger partial charge in [-0.15, -0.1) is 0 Å². The Bertz CT molecular complexity index is 402. The second-order valence-corrected chi connectivity index (χ2v) is 6.11. The van der Waals surface area contributed by atoms with Crippen LogP contribution in [-0.4, -0.2) is 34.9 Å². The number of aromatic nitrogens is 2. The van der Waals surface area contributed by atoms with E-state index < -0.39 is 0 Å². The number of methoxy groups -OCH3 is 1. The highest BCUT2D eigenvalue weighted by atomic mass is 32.2. The summed E-state index contributed by atoms with van der Waals surface area (Å²) in [5, 5.41) is 4.64. The monoisotopic (exact) mass is 284 g/mol. The molecule has 0 aromatic carbocycles. The Morgan fingerprint density at radius 2 is 2.21 bits per heavy atom. The van der Waals surface area contributed by atoms with Crippen molar-refractivity contribution in [1.82, 2.24) is 10.1 Å². The Morgan fingerprint density at radius 3 is 2.95 bits per heavy atom. The maximum atomic E-state index is 11.4. The number of carbonyl (C=O) groups is 1. The van der Waals surface area contributed by atoms with Crippen molar-refractivity contribution < 1.29 is 14.1 Å². The predicted octanol–water partition coefficient (Wildman–Crippen LogP) is 2.39. The molecule has 19 heavy (non-hydrogen) atoms. The van der Waals surface area contributed by atoms with Crippen molar-refractivity contribution in [2.75, 3.05) is 13.7 Å². The maximum Gasteiger partial charge on any atom is 0.234 e. The molecule has 1 saturated carbocycles. The highest BCUT2D eigenvalue weighted by Crippen LogP contribution is 2.29. The molecule has 1 aliphatic carbocycles. The Hall–Kier alpha value is -0.880. The lowest BCUT2D eigenvalue weighted by atomic mass is 10.0. The zero-order valence-electron chi connectivity index (χ0n) is 11.3. The SMILES string of the molecule is COCC(=O)Cc1nc(CSC2CCCCC2)no1. The molecule has 1 aromatic heterocycles. The standard InChI is InChI=1S/C13H20N2O3S/c1-17-8-10(16)7-13-14-12(15-18-13)9-19-11-5-3-2-4-6-11/h11H,2-9H2,1H3. The molecule has 0 radical (unpaired) electrons. The number of nitrogens with zero attached hydrogens (tertiary/aromatic N) is 2. The molecule has 0 atom stereocenters. The predicted molar refractivity (Wildman–Crippen MR) is 73.1 cm³/mol. The average molecular weight is 284 g/mol. The van der Waals surface area contributed by atoms with Crippen molar-refractivity contribution in [3.63, 3.8) is 0 Å². The summed E-state index contributed by atoms with van der Waals surface area (Å²) in [4.78, 5) is 15.6. The van der Waals surface area contributed by atoms with Crippen LogP contribution in [0.5, 0.6) is 0 Å². The third-order valence-corrected chi connectivity index (χ3v) is 4.53. The summed E-state index contributed by atoms with van der Waals surface area (Å²) in [6.45, 7) is 0.0918. The largest absolute Gasteiger partial charge is 0.377 e. The quantitative estimate of drug-likeness (QED) is 0.766. The molecular formula is C13H20N2O3S. The van der Waals surface area contributed by atoms with Gasteiger partial charge >= 0.3 is 0 Å². The van der Waals surface area contributed by atoms with Crippen LogP contribution in [0.1, 0.15) is 43.8 Å². The van der Waals surface area contributed by atoms with Gasteiger partial charge in [0.1, 0.15) is 6.61 Å². The van der Waals surface area contributed by atoms with Gasteiger partial charge in [-0.2, -0.15) is 16.7 Å². The van der Waals surface area contributed by atoms with Crippen LogP contribution in [0.15, 0.2) is 4.52 Å². The van der Waals surface area contributed by atoms with Crippen LogP contribution in [0.2, 0.25) is 0 Å². The molecule has 5 nitrogen and oxygen atoms in total. The molecule has 0 saturated heterocycles. The first-order valence-electron chi connectivity index (χ1n) is 6.71. The minimum Gasteiger partial charge on any atom is -0.377 e. The molecule has 0 N–H and O–H groups in total. The fourth-order valence-electron chi connectivity index (χ4n) is 2.23. The van der Waals surface area contributed by atoms with E-state index in [-0.39, 0.29) is 18.8 Å². The van der Waals surface area contributed by atoms with Gasteiger partial charge in [-0.3, -0.25) is 4.79 Å². The minimum atomic E-state index is -0.0439. The summed E-state index contributed by atoms with van der Waals surface area (Å²) in [7, 11) is 1.50. The highest BCUT2D eigenvalue weighted by Gasteiger charge is 2.16. The Morgan fingerprint density at radius 1 is 1.42 bits per heavy atom.